The summed E-state index contributed by atoms with van der Waals surface area (Å²) in [6.07, 6.45) is 1.47. The average molecular weight is 365 g/mol. The van der Waals surface area contributed by atoms with Gasteiger partial charge in [-0.3, -0.25) is 9.69 Å². The Labute approximate surface area is 149 Å². The maximum absolute atomic E-state index is 13.3. The second-order valence-electron chi connectivity index (χ2n) is 6.08. The summed E-state index contributed by atoms with van der Waals surface area (Å²) in [5, 5.41) is 19.5. The fraction of sp³-hybridized carbons (Fsp3) is 0.412. The Morgan fingerprint density at radius 3 is 2.96 bits per heavy atom. The fourth-order valence-electron chi connectivity index (χ4n) is 2.96. The molecule has 2 N–H and O–H groups in total. The smallest absolute Gasteiger partial charge is 0.286 e. The molecule has 0 spiro atoms. The third kappa shape index (κ3) is 4.02. The molecule has 0 bridgehead atoms. The van der Waals surface area contributed by atoms with Crippen LogP contribution < -0.4 is 0 Å². The second kappa shape index (κ2) is 7.55. The van der Waals surface area contributed by atoms with Gasteiger partial charge in [-0.15, -0.1) is 0 Å². The Morgan fingerprint density at radius 2 is 2.24 bits per heavy atom. The lowest BCUT2D eigenvalue weighted by molar-refractivity contribution is -0.113. The monoisotopic (exact) mass is 365 g/mol. The van der Waals surface area contributed by atoms with Gasteiger partial charge in [0.25, 0.3) is 5.91 Å². The Hall–Kier alpha value is -1.90. The lowest BCUT2D eigenvalue weighted by Crippen LogP contribution is -2.53. The Balaban J connectivity index is 1.73. The molecule has 0 aliphatic carbocycles. The van der Waals surface area contributed by atoms with Crippen LogP contribution in [0.1, 0.15) is 12.5 Å². The molecule has 0 aromatic heterocycles. The maximum atomic E-state index is 13.3. The molecule has 0 saturated carbocycles. The molecule has 3 rings (SSSR count). The van der Waals surface area contributed by atoms with Crippen molar-refractivity contribution in [1.82, 2.24) is 9.80 Å². The van der Waals surface area contributed by atoms with Crippen LogP contribution >= 0.6 is 11.8 Å². The van der Waals surface area contributed by atoms with Crippen molar-refractivity contribution < 1.29 is 19.4 Å². The number of hydrogen-bond acceptors (Lipinski definition) is 6. The van der Waals surface area contributed by atoms with Crippen LogP contribution in [0.25, 0.3) is 6.08 Å². The molecule has 0 unspecified atom stereocenters. The zero-order valence-corrected chi connectivity index (χ0v) is 14.7. The van der Waals surface area contributed by atoms with E-state index in [2.05, 4.69) is 21.7 Å². The minimum atomic E-state index is -0.477. The van der Waals surface area contributed by atoms with Gasteiger partial charge in [0.1, 0.15) is 11.6 Å². The summed E-state index contributed by atoms with van der Waals surface area (Å²) in [5.74, 6) is -0.940. The fourth-order valence-corrected chi connectivity index (χ4v) is 4.00. The largest absolute Gasteiger partial charge is 0.507 e. The van der Waals surface area contributed by atoms with E-state index in [0.29, 0.717) is 16.6 Å². The number of carbonyl (C=O) groups excluding carboxylic acids is 1. The SMILES string of the molecule is C[C@@H]1CN(CCO)CCN1C1=NC(=O)C(=Cc2cc(F)ccc2O)S1. The summed E-state index contributed by atoms with van der Waals surface area (Å²) in [6, 6.07) is 3.78. The number of piperazine rings is 1. The standard InChI is InChI=1S/C17H20FN3O3S/c1-11-10-20(6-7-22)4-5-21(11)17-19-16(24)15(25-17)9-12-8-13(18)2-3-14(12)23/h2-3,8-9,11,22-23H,4-7,10H2,1H3/t11-/m1/s1. The zero-order valence-electron chi connectivity index (χ0n) is 13.9. The van der Waals surface area contributed by atoms with E-state index in [1.54, 1.807) is 0 Å². The first-order valence-electron chi connectivity index (χ1n) is 8.09. The Morgan fingerprint density at radius 1 is 1.44 bits per heavy atom. The van der Waals surface area contributed by atoms with Gasteiger partial charge < -0.3 is 15.1 Å². The van der Waals surface area contributed by atoms with Crippen molar-refractivity contribution in [3.05, 3.63) is 34.5 Å². The van der Waals surface area contributed by atoms with E-state index < -0.39 is 5.82 Å². The van der Waals surface area contributed by atoms with Crippen molar-refractivity contribution >= 4 is 28.9 Å². The van der Waals surface area contributed by atoms with Gasteiger partial charge in [-0.05, 0) is 43.0 Å². The van der Waals surface area contributed by atoms with E-state index in [1.165, 1.54) is 30.0 Å². The highest BCUT2D eigenvalue weighted by Gasteiger charge is 2.32. The van der Waals surface area contributed by atoms with Crippen molar-refractivity contribution in [1.29, 1.82) is 0 Å². The molecule has 2 aliphatic heterocycles. The highest BCUT2D eigenvalue weighted by Crippen LogP contribution is 2.33. The normalized spacial score (nSPS) is 23.4. The molecule has 0 radical (unpaired) electrons. The van der Waals surface area contributed by atoms with Gasteiger partial charge in [-0.25, -0.2) is 4.39 Å². The first kappa shape index (κ1) is 17.9. The minimum Gasteiger partial charge on any atom is -0.507 e. The number of halogens is 1. The van der Waals surface area contributed by atoms with E-state index in [-0.39, 0.29) is 29.9 Å². The van der Waals surface area contributed by atoms with Gasteiger partial charge in [0.15, 0.2) is 5.17 Å². The number of nitrogens with zero attached hydrogens (tertiary/aromatic N) is 3. The Bertz CT molecular complexity index is 738. The lowest BCUT2D eigenvalue weighted by atomic mass is 10.2. The highest BCUT2D eigenvalue weighted by atomic mass is 32.2. The number of carbonyl (C=O) groups is 1. The number of amidine groups is 1. The van der Waals surface area contributed by atoms with Crippen LogP contribution in [0.15, 0.2) is 28.1 Å². The summed E-state index contributed by atoms with van der Waals surface area (Å²) in [7, 11) is 0. The van der Waals surface area contributed by atoms with Crippen molar-refractivity contribution in [3.8, 4) is 5.75 Å². The molecule has 134 valence electrons. The molecule has 2 aliphatic rings. The van der Waals surface area contributed by atoms with Gasteiger partial charge in [0.05, 0.1) is 11.5 Å². The van der Waals surface area contributed by atoms with Crippen molar-refractivity contribution in [2.45, 2.75) is 13.0 Å². The second-order valence-corrected chi connectivity index (χ2v) is 7.09. The third-order valence-electron chi connectivity index (χ3n) is 4.26. The summed E-state index contributed by atoms with van der Waals surface area (Å²) >= 11 is 1.24. The van der Waals surface area contributed by atoms with Crippen LogP contribution in [0.5, 0.6) is 5.75 Å². The van der Waals surface area contributed by atoms with Crippen LogP contribution in [0.4, 0.5) is 4.39 Å². The molecule has 1 aromatic carbocycles. The topological polar surface area (TPSA) is 76.4 Å². The van der Waals surface area contributed by atoms with Gasteiger partial charge in [-0.2, -0.15) is 4.99 Å². The molecule has 1 atom stereocenters. The molecule has 25 heavy (non-hydrogen) atoms. The number of aliphatic imine (C=N–C) groups is 1. The predicted octanol–water partition coefficient (Wildman–Crippen LogP) is 1.50. The molecule has 6 nitrogen and oxygen atoms in total. The van der Waals surface area contributed by atoms with Crippen molar-refractivity contribution in [2.75, 3.05) is 32.8 Å². The van der Waals surface area contributed by atoms with E-state index in [1.807, 2.05) is 0 Å². The molecule has 1 aromatic rings. The maximum Gasteiger partial charge on any atom is 0.286 e. The van der Waals surface area contributed by atoms with E-state index in [0.717, 1.165) is 25.7 Å². The van der Waals surface area contributed by atoms with Gasteiger partial charge >= 0.3 is 0 Å². The van der Waals surface area contributed by atoms with Crippen LogP contribution in [0.2, 0.25) is 0 Å². The van der Waals surface area contributed by atoms with Crippen LogP contribution in [-0.2, 0) is 4.79 Å². The quantitative estimate of drug-likeness (QED) is 0.791. The number of amides is 1. The minimum absolute atomic E-state index is 0.0817. The first-order valence-corrected chi connectivity index (χ1v) is 8.90. The third-order valence-corrected chi connectivity index (χ3v) is 5.28. The summed E-state index contributed by atoms with van der Waals surface area (Å²) in [5.41, 5.74) is 0.258. The summed E-state index contributed by atoms with van der Waals surface area (Å²) in [4.78, 5) is 20.9. The number of benzene rings is 1. The number of thioether (sulfide) groups is 1. The number of hydrogen-bond donors (Lipinski definition) is 2. The lowest BCUT2D eigenvalue weighted by Gasteiger charge is -2.40. The van der Waals surface area contributed by atoms with Crippen LogP contribution in [-0.4, -0.2) is 69.9 Å². The summed E-state index contributed by atoms with van der Waals surface area (Å²) < 4.78 is 13.3. The van der Waals surface area contributed by atoms with E-state index in [9.17, 15) is 14.3 Å². The molecule has 2 heterocycles. The number of phenols is 1. The van der Waals surface area contributed by atoms with Gasteiger partial charge in [0, 0.05) is 37.8 Å². The number of aliphatic hydroxyl groups is 1. The molecule has 1 fully saturated rings. The highest BCUT2D eigenvalue weighted by molar-refractivity contribution is 8.18. The summed E-state index contributed by atoms with van der Waals surface area (Å²) in [6.45, 7) is 5.13. The molecular weight excluding hydrogens is 345 g/mol. The van der Waals surface area contributed by atoms with Gasteiger partial charge in [0.2, 0.25) is 0 Å². The molecule has 8 heteroatoms. The van der Waals surface area contributed by atoms with Crippen LogP contribution in [0.3, 0.4) is 0 Å². The van der Waals surface area contributed by atoms with E-state index in [4.69, 9.17) is 5.11 Å². The average Bonchev–Trinajstić information content (AvgIpc) is 2.92. The number of aromatic hydroxyl groups is 1. The van der Waals surface area contributed by atoms with Gasteiger partial charge in [-0.1, -0.05) is 0 Å². The number of rotatable bonds is 3. The molecular formula is C17H20FN3O3S. The predicted molar refractivity (Wildman–Crippen MR) is 95.8 cm³/mol. The first-order chi connectivity index (χ1) is 12.0. The Kier molecular flexibility index (Phi) is 5.41. The zero-order chi connectivity index (χ0) is 18.0. The van der Waals surface area contributed by atoms with Crippen molar-refractivity contribution in [3.63, 3.8) is 0 Å². The molecule has 1 saturated heterocycles. The number of aliphatic hydroxyl groups excluding tert-OH is 1. The number of β-amino-alcohol motifs (C(OH)–C–C–N with tert-alkyl or cyclic N) is 1. The van der Waals surface area contributed by atoms with Crippen LogP contribution in [0, 0.1) is 5.82 Å². The van der Waals surface area contributed by atoms with Crippen molar-refractivity contribution in [2.24, 2.45) is 4.99 Å². The molecule has 1 amide bonds. The number of phenolic OH excluding ortho intramolecular Hbond substituents is 1. The van der Waals surface area contributed by atoms with E-state index >= 15 is 0 Å².